The Morgan fingerprint density at radius 2 is 2.00 bits per heavy atom. The highest BCUT2D eigenvalue weighted by molar-refractivity contribution is 8.00. The lowest BCUT2D eigenvalue weighted by atomic mass is 10.1. The van der Waals surface area contributed by atoms with Crippen LogP contribution in [0.4, 0.5) is 5.69 Å². The number of hydrogen-bond donors (Lipinski definition) is 2. The monoisotopic (exact) mass is 376 g/mol. The summed E-state index contributed by atoms with van der Waals surface area (Å²) in [5.41, 5.74) is 8.19. The molecule has 7 heteroatoms. The summed E-state index contributed by atoms with van der Waals surface area (Å²) < 4.78 is 0. The van der Waals surface area contributed by atoms with Gasteiger partial charge in [-0.25, -0.2) is 4.98 Å². The Morgan fingerprint density at radius 1 is 1.22 bits per heavy atom. The summed E-state index contributed by atoms with van der Waals surface area (Å²) in [5.74, 6) is -0.883. The van der Waals surface area contributed by atoms with Crippen molar-refractivity contribution in [2.24, 2.45) is 5.73 Å². The second-order valence-electron chi connectivity index (χ2n) is 5.90. The predicted octanol–water partition coefficient (Wildman–Crippen LogP) is 3.24. The van der Waals surface area contributed by atoms with Gasteiger partial charge in [0.15, 0.2) is 0 Å². The Labute approximate surface area is 160 Å². The Balaban J connectivity index is 1.77. The zero-order chi connectivity index (χ0) is 19.4. The number of nitrogens with zero attached hydrogens (tertiary/aromatic N) is 2. The van der Waals surface area contributed by atoms with E-state index in [-0.39, 0.29) is 17.2 Å². The number of nitriles is 1. The second kappa shape index (κ2) is 7.89. The van der Waals surface area contributed by atoms with Crippen molar-refractivity contribution in [3.8, 4) is 6.07 Å². The molecule has 134 valence electrons. The molecule has 0 spiro atoms. The number of benzene rings is 2. The van der Waals surface area contributed by atoms with Crippen molar-refractivity contribution in [3.05, 3.63) is 65.2 Å². The minimum absolute atomic E-state index is 0.0478. The number of anilines is 1. The fourth-order valence-corrected chi connectivity index (χ4v) is 3.36. The number of aromatic nitrogens is 1. The van der Waals surface area contributed by atoms with Crippen molar-refractivity contribution >= 4 is 40.2 Å². The van der Waals surface area contributed by atoms with Gasteiger partial charge in [-0.1, -0.05) is 35.5 Å². The number of rotatable bonds is 5. The molecule has 1 heterocycles. The van der Waals surface area contributed by atoms with E-state index in [9.17, 15) is 14.9 Å². The number of amides is 2. The number of pyridine rings is 1. The predicted molar refractivity (Wildman–Crippen MR) is 106 cm³/mol. The van der Waals surface area contributed by atoms with E-state index < -0.39 is 5.91 Å². The molecule has 1 aromatic heterocycles. The molecule has 2 amide bonds. The van der Waals surface area contributed by atoms with Gasteiger partial charge in [0.05, 0.1) is 28.1 Å². The number of fused-ring (bicyclic) bond motifs is 1. The van der Waals surface area contributed by atoms with Gasteiger partial charge >= 0.3 is 0 Å². The number of aryl methyl sites for hydroxylation is 1. The number of para-hydroxylation sites is 1. The Hall–Kier alpha value is -3.37. The van der Waals surface area contributed by atoms with E-state index in [0.29, 0.717) is 16.3 Å². The summed E-state index contributed by atoms with van der Waals surface area (Å²) in [4.78, 5) is 28.2. The molecule has 0 saturated carbocycles. The molecule has 3 rings (SSSR count). The van der Waals surface area contributed by atoms with Gasteiger partial charge in [-0.3, -0.25) is 9.59 Å². The van der Waals surface area contributed by atoms with Gasteiger partial charge in [0.2, 0.25) is 5.91 Å². The third-order valence-electron chi connectivity index (χ3n) is 3.86. The molecular weight excluding hydrogens is 360 g/mol. The van der Waals surface area contributed by atoms with Crippen molar-refractivity contribution in [2.75, 3.05) is 11.1 Å². The van der Waals surface area contributed by atoms with Crippen molar-refractivity contribution in [1.82, 2.24) is 4.98 Å². The standard InChI is InChI=1S/C20H16N4O2S/c1-12-6-7-16-13(8-12)9-14(10-21)20(24-16)27-11-18(25)23-17-5-3-2-4-15(17)19(22)26/h2-9H,11H2,1H3,(H2,22,26)(H,23,25). The quantitative estimate of drug-likeness (QED) is 0.665. The molecule has 0 aliphatic heterocycles. The zero-order valence-electron chi connectivity index (χ0n) is 14.5. The molecule has 0 atom stereocenters. The van der Waals surface area contributed by atoms with E-state index in [1.165, 1.54) is 11.8 Å². The number of hydrogen-bond acceptors (Lipinski definition) is 5. The summed E-state index contributed by atoms with van der Waals surface area (Å²) in [6.07, 6.45) is 0. The highest BCUT2D eigenvalue weighted by Crippen LogP contribution is 2.25. The summed E-state index contributed by atoms with van der Waals surface area (Å²) in [6.45, 7) is 1.97. The van der Waals surface area contributed by atoms with Crippen LogP contribution in [0.15, 0.2) is 53.6 Å². The lowest BCUT2D eigenvalue weighted by molar-refractivity contribution is -0.113. The van der Waals surface area contributed by atoms with E-state index >= 15 is 0 Å². The average molecular weight is 376 g/mol. The number of carbonyl (C=O) groups excluding carboxylic acids is 2. The van der Waals surface area contributed by atoms with E-state index in [1.807, 2.05) is 25.1 Å². The molecular formula is C20H16N4O2S. The summed E-state index contributed by atoms with van der Waals surface area (Å²) in [6, 6.07) is 16.2. The van der Waals surface area contributed by atoms with Crippen molar-refractivity contribution in [3.63, 3.8) is 0 Å². The van der Waals surface area contributed by atoms with Crippen LogP contribution in [-0.4, -0.2) is 22.6 Å². The number of thioether (sulfide) groups is 1. The van der Waals surface area contributed by atoms with Crippen LogP contribution in [0.25, 0.3) is 10.9 Å². The number of primary amides is 1. The lowest BCUT2D eigenvalue weighted by Crippen LogP contribution is -2.19. The molecule has 0 saturated heterocycles. The van der Waals surface area contributed by atoms with E-state index in [2.05, 4.69) is 16.4 Å². The Bertz CT molecular complexity index is 1090. The van der Waals surface area contributed by atoms with Crippen LogP contribution in [0.2, 0.25) is 0 Å². The van der Waals surface area contributed by atoms with Gasteiger partial charge in [-0.15, -0.1) is 0 Å². The topological polar surface area (TPSA) is 109 Å². The largest absolute Gasteiger partial charge is 0.366 e. The summed E-state index contributed by atoms with van der Waals surface area (Å²) >= 11 is 1.17. The molecule has 3 N–H and O–H groups in total. The summed E-state index contributed by atoms with van der Waals surface area (Å²) in [5, 5.41) is 13.4. The minimum Gasteiger partial charge on any atom is -0.366 e. The molecule has 2 aromatic carbocycles. The highest BCUT2D eigenvalue weighted by Gasteiger charge is 2.13. The van der Waals surface area contributed by atoms with Crippen LogP contribution < -0.4 is 11.1 Å². The maximum Gasteiger partial charge on any atom is 0.250 e. The average Bonchev–Trinajstić information content (AvgIpc) is 2.65. The van der Waals surface area contributed by atoms with Crippen LogP contribution in [0.5, 0.6) is 0 Å². The fraction of sp³-hybridized carbons (Fsp3) is 0.100. The van der Waals surface area contributed by atoms with E-state index in [0.717, 1.165) is 16.5 Å². The van der Waals surface area contributed by atoms with Gasteiger partial charge in [-0.05, 0) is 37.3 Å². The molecule has 3 aromatic rings. The molecule has 0 fully saturated rings. The third kappa shape index (κ3) is 4.25. The Kier molecular flexibility index (Phi) is 5.38. The SMILES string of the molecule is Cc1ccc2nc(SCC(=O)Nc3ccccc3C(N)=O)c(C#N)cc2c1. The van der Waals surface area contributed by atoms with Crippen LogP contribution in [0.3, 0.4) is 0 Å². The lowest BCUT2D eigenvalue weighted by Gasteiger charge is -2.09. The zero-order valence-corrected chi connectivity index (χ0v) is 15.3. The van der Waals surface area contributed by atoms with Crippen LogP contribution in [0.1, 0.15) is 21.5 Å². The third-order valence-corrected chi connectivity index (χ3v) is 4.85. The molecule has 27 heavy (non-hydrogen) atoms. The first-order valence-corrected chi connectivity index (χ1v) is 9.09. The Morgan fingerprint density at radius 3 is 2.74 bits per heavy atom. The number of nitrogens with two attached hydrogens (primary N) is 1. The van der Waals surface area contributed by atoms with Gasteiger partial charge in [0.25, 0.3) is 5.91 Å². The molecule has 0 aliphatic rings. The van der Waals surface area contributed by atoms with Crippen molar-refractivity contribution in [1.29, 1.82) is 5.26 Å². The maximum absolute atomic E-state index is 12.3. The van der Waals surface area contributed by atoms with Crippen LogP contribution in [-0.2, 0) is 4.79 Å². The fourth-order valence-electron chi connectivity index (χ4n) is 2.60. The molecule has 0 aliphatic carbocycles. The first-order valence-electron chi connectivity index (χ1n) is 8.11. The molecule has 0 radical (unpaired) electrons. The van der Waals surface area contributed by atoms with E-state index in [1.54, 1.807) is 30.3 Å². The smallest absolute Gasteiger partial charge is 0.250 e. The molecule has 6 nitrogen and oxygen atoms in total. The second-order valence-corrected chi connectivity index (χ2v) is 6.86. The van der Waals surface area contributed by atoms with Crippen molar-refractivity contribution in [2.45, 2.75) is 11.9 Å². The van der Waals surface area contributed by atoms with Crippen molar-refractivity contribution < 1.29 is 9.59 Å². The summed E-state index contributed by atoms with van der Waals surface area (Å²) in [7, 11) is 0. The molecule has 0 unspecified atom stereocenters. The highest BCUT2D eigenvalue weighted by atomic mass is 32.2. The normalized spacial score (nSPS) is 10.4. The van der Waals surface area contributed by atoms with Gasteiger partial charge in [-0.2, -0.15) is 5.26 Å². The van der Waals surface area contributed by atoms with Gasteiger partial charge in [0.1, 0.15) is 11.1 Å². The van der Waals surface area contributed by atoms with E-state index in [4.69, 9.17) is 5.73 Å². The minimum atomic E-state index is -0.614. The number of carbonyl (C=O) groups is 2. The van der Waals surface area contributed by atoms with Gasteiger partial charge < -0.3 is 11.1 Å². The maximum atomic E-state index is 12.3. The molecule has 0 bridgehead atoms. The first-order chi connectivity index (χ1) is 13.0. The first kappa shape index (κ1) is 18.4. The number of nitrogens with one attached hydrogen (secondary N) is 1. The van der Waals surface area contributed by atoms with Crippen LogP contribution >= 0.6 is 11.8 Å². The van der Waals surface area contributed by atoms with Crippen LogP contribution in [0, 0.1) is 18.3 Å². The van der Waals surface area contributed by atoms with Gasteiger partial charge in [0, 0.05) is 5.39 Å².